The Morgan fingerprint density at radius 1 is 0.929 bits per heavy atom. The number of aromatic nitrogens is 6. The topological polar surface area (TPSA) is 164 Å². The van der Waals surface area contributed by atoms with Crippen LogP contribution >= 0.6 is 54.0 Å². The highest BCUT2D eigenvalue weighted by Gasteiger charge is 2.38. The zero-order chi connectivity index (χ0) is 39.3. The average molecular weight is 860 g/mol. The molecule has 0 aliphatic carbocycles. The first-order chi connectivity index (χ1) is 26.8. The van der Waals surface area contributed by atoms with Crippen LogP contribution in [0.5, 0.6) is 0 Å². The van der Waals surface area contributed by atoms with Crippen LogP contribution in [0.1, 0.15) is 37.9 Å². The molecular weight excluding hydrogens is 823 g/mol. The number of fused-ring (bicyclic) bond motifs is 2. The minimum absolute atomic E-state index is 0.00546. The Kier molecular flexibility index (Phi) is 10.9. The Balaban J connectivity index is 1.20. The Hall–Kier alpha value is -3.98. The maximum atomic E-state index is 11.8. The van der Waals surface area contributed by atoms with E-state index < -0.39 is 7.60 Å². The van der Waals surface area contributed by atoms with Gasteiger partial charge in [0.25, 0.3) is 0 Å². The highest BCUT2D eigenvalue weighted by atomic mass is 35.5. The highest BCUT2D eigenvalue weighted by molar-refractivity contribution is 7.51. The first-order valence-electron chi connectivity index (χ1n) is 17.9. The van der Waals surface area contributed by atoms with Gasteiger partial charge in [-0.15, -0.1) is 0 Å². The number of nitrogens with one attached hydrogen (secondary N) is 1. The second-order valence-corrected chi connectivity index (χ2v) is 17.3. The third kappa shape index (κ3) is 7.81. The van der Waals surface area contributed by atoms with E-state index in [1.54, 1.807) is 31.0 Å². The highest BCUT2D eigenvalue weighted by Crippen LogP contribution is 2.43. The summed E-state index contributed by atoms with van der Waals surface area (Å²) >= 11 is 26.6. The van der Waals surface area contributed by atoms with Gasteiger partial charge in [-0.05, 0) is 43.5 Å². The van der Waals surface area contributed by atoms with E-state index in [4.69, 9.17) is 66.1 Å². The number of imidazole rings is 2. The summed E-state index contributed by atoms with van der Waals surface area (Å²) in [5, 5.41) is 5.95. The summed E-state index contributed by atoms with van der Waals surface area (Å²) in [6, 6.07) is 10.7. The van der Waals surface area contributed by atoms with Gasteiger partial charge >= 0.3 is 7.60 Å². The summed E-state index contributed by atoms with van der Waals surface area (Å²) in [5.74, 6) is 1.20. The third-order valence-electron chi connectivity index (χ3n) is 10.2. The van der Waals surface area contributed by atoms with E-state index in [9.17, 15) is 19.1 Å². The molecule has 14 nitrogen and oxygen atoms in total. The molecule has 19 heteroatoms. The summed E-state index contributed by atoms with van der Waals surface area (Å²) in [4.78, 5) is 54.2. The second kappa shape index (κ2) is 15.8. The molecule has 0 saturated carbocycles. The normalized spacial score (nSPS) is 18.8. The Morgan fingerprint density at radius 2 is 1.61 bits per heavy atom. The monoisotopic (exact) mass is 857 g/mol. The van der Waals surface area contributed by atoms with Gasteiger partial charge in [0, 0.05) is 67.6 Å². The SMILES string of the molecule is CC(=O)N[C@H]1CCN(c2cc(-n3cnc(C4CC[C@@H](COCCP(=O)(O)O)N4c4cc(-n5ccnc5)c5ccc(Cl)c(Cl)c5n4)c3)c3ccc(Cl)c(Cl)c3n2)C1. The molecule has 1 amide bonds. The van der Waals surface area contributed by atoms with Crippen LogP contribution in [-0.4, -0.2) is 89.3 Å². The molecule has 2 aromatic carbocycles. The number of rotatable bonds is 11. The van der Waals surface area contributed by atoms with Gasteiger partial charge in [0.2, 0.25) is 5.91 Å². The van der Waals surface area contributed by atoms with Gasteiger partial charge in [-0.1, -0.05) is 46.4 Å². The van der Waals surface area contributed by atoms with E-state index in [2.05, 4.69) is 20.1 Å². The van der Waals surface area contributed by atoms with Crippen LogP contribution in [0.4, 0.5) is 11.6 Å². The number of anilines is 2. The van der Waals surface area contributed by atoms with Gasteiger partial charge in [0.15, 0.2) is 0 Å². The number of amides is 1. The first kappa shape index (κ1) is 38.9. The smallest absolute Gasteiger partial charge is 0.327 e. The maximum Gasteiger partial charge on any atom is 0.327 e. The molecule has 4 aromatic heterocycles. The van der Waals surface area contributed by atoms with Gasteiger partial charge in [-0.25, -0.2) is 19.9 Å². The van der Waals surface area contributed by atoms with E-state index in [0.717, 1.165) is 34.3 Å². The van der Waals surface area contributed by atoms with Gasteiger partial charge in [0.1, 0.15) is 11.6 Å². The van der Waals surface area contributed by atoms with Crippen LogP contribution < -0.4 is 15.1 Å². The van der Waals surface area contributed by atoms with E-state index >= 15 is 0 Å². The summed E-state index contributed by atoms with van der Waals surface area (Å²) in [7, 11) is -4.24. The lowest BCUT2D eigenvalue weighted by Gasteiger charge is -2.31. The van der Waals surface area contributed by atoms with Crippen molar-refractivity contribution < 1.29 is 23.9 Å². The molecule has 2 fully saturated rings. The van der Waals surface area contributed by atoms with Gasteiger partial charge in [-0.2, -0.15) is 0 Å². The zero-order valence-corrected chi connectivity index (χ0v) is 33.8. The number of benzene rings is 2. The predicted molar refractivity (Wildman–Crippen MR) is 218 cm³/mol. The van der Waals surface area contributed by atoms with Crippen LogP contribution in [-0.2, 0) is 14.1 Å². The minimum Gasteiger partial charge on any atom is -0.379 e. The van der Waals surface area contributed by atoms with E-state index in [1.165, 1.54) is 6.92 Å². The molecule has 1 unspecified atom stereocenters. The number of pyridine rings is 2. The minimum atomic E-state index is -4.24. The van der Waals surface area contributed by atoms with Crippen LogP contribution in [0.25, 0.3) is 33.2 Å². The summed E-state index contributed by atoms with van der Waals surface area (Å²) in [6.45, 7) is 2.88. The van der Waals surface area contributed by atoms with Crippen molar-refractivity contribution in [3.8, 4) is 11.4 Å². The van der Waals surface area contributed by atoms with Crippen molar-refractivity contribution in [1.82, 2.24) is 34.4 Å². The van der Waals surface area contributed by atoms with Crippen LogP contribution in [0.15, 0.2) is 67.6 Å². The summed E-state index contributed by atoms with van der Waals surface area (Å²) < 4.78 is 21.3. The fourth-order valence-corrected chi connectivity index (χ4v) is 8.72. The number of carbonyl (C=O) groups excluding carboxylic acids is 1. The number of ether oxygens (including phenoxy) is 1. The fraction of sp³-hybridized carbons (Fsp3) is 0.324. The molecule has 2 aliphatic rings. The van der Waals surface area contributed by atoms with Crippen molar-refractivity contribution in [3.63, 3.8) is 0 Å². The van der Waals surface area contributed by atoms with Crippen molar-refractivity contribution in [3.05, 3.63) is 93.4 Å². The van der Waals surface area contributed by atoms with Crippen molar-refractivity contribution >= 4 is 93.3 Å². The molecule has 292 valence electrons. The van der Waals surface area contributed by atoms with Crippen LogP contribution in [0.3, 0.4) is 0 Å². The van der Waals surface area contributed by atoms with Gasteiger partial charge in [-0.3, -0.25) is 9.36 Å². The lowest BCUT2D eigenvalue weighted by Crippen LogP contribution is -2.36. The van der Waals surface area contributed by atoms with Crippen LogP contribution in [0, 0.1) is 0 Å². The molecule has 6 heterocycles. The molecule has 2 aliphatic heterocycles. The number of carbonyl (C=O) groups is 1. The molecule has 6 aromatic rings. The van der Waals surface area contributed by atoms with Crippen molar-refractivity contribution in [1.29, 1.82) is 0 Å². The summed E-state index contributed by atoms with van der Waals surface area (Å²) in [6.07, 6.45) is 10.7. The molecule has 8 rings (SSSR count). The standard InChI is InChI=1S/C37H36Cl4N9O5P/c1-21(51)44-22-8-10-47(16-22)32-14-31(25-4-6-26(38)34(40)36(25)45-32)49-17-28(43-20-49)29-7-2-23(18-55-12-13-56(52,53)54)50(29)33-15-30(48-11-9-42-19-48)24-3-5-27(39)35(41)37(24)46-33/h3-6,9,11,14-15,17,19-20,22-23,29H,2,7-8,10,12-13,16,18H2,1H3,(H,44,51)(H2,52,53,54)/t22-,23-,29?/m0/s1. The van der Waals surface area contributed by atoms with Crippen LogP contribution in [0.2, 0.25) is 20.1 Å². The number of nitrogens with zero attached hydrogens (tertiary/aromatic N) is 8. The summed E-state index contributed by atoms with van der Waals surface area (Å²) in [5.41, 5.74) is 3.38. The number of hydrogen-bond acceptors (Lipinski definition) is 9. The van der Waals surface area contributed by atoms with Crippen molar-refractivity contribution in [2.75, 3.05) is 42.3 Å². The molecule has 0 spiro atoms. The molecule has 3 atom stereocenters. The Bertz CT molecular complexity index is 2500. The average Bonchev–Trinajstić information content (AvgIpc) is 4.00. The zero-order valence-electron chi connectivity index (χ0n) is 29.9. The lowest BCUT2D eigenvalue weighted by atomic mass is 10.1. The first-order valence-corrected chi connectivity index (χ1v) is 21.2. The maximum absolute atomic E-state index is 11.8. The van der Waals surface area contributed by atoms with E-state index in [1.807, 2.05) is 45.8 Å². The molecule has 56 heavy (non-hydrogen) atoms. The molecule has 2 saturated heterocycles. The van der Waals surface area contributed by atoms with Crippen molar-refractivity contribution in [2.45, 2.75) is 44.3 Å². The number of hydrogen-bond donors (Lipinski definition) is 3. The molecule has 0 radical (unpaired) electrons. The van der Waals surface area contributed by atoms with Gasteiger partial charge < -0.3 is 38.8 Å². The molecule has 0 bridgehead atoms. The largest absolute Gasteiger partial charge is 0.379 e. The quantitative estimate of drug-likeness (QED) is 0.0880. The van der Waals surface area contributed by atoms with Gasteiger partial charge in [0.05, 0.1) is 92.3 Å². The van der Waals surface area contributed by atoms with Crippen molar-refractivity contribution in [2.24, 2.45) is 0 Å². The Morgan fingerprint density at radius 3 is 2.27 bits per heavy atom. The Labute approximate surface area is 341 Å². The lowest BCUT2D eigenvalue weighted by molar-refractivity contribution is -0.119. The second-order valence-electron chi connectivity index (χ2n) is 13.9. The molecule has 3 N–H and O–H groups in total. The van der Waals surface area contributed by atoms with E-state index in [-0.39, 0.29) is 43.4 Å². The fourth-order valence-electron chi connectivity index (χ4n) is 7.63. The third-order valence-corrected chi connectivity index (χ3v) is 12.6. The number of halogens is 4. The predicted octanol–water partition coefficient (Wildman–Crippen LogP) is 7.39. The molecular formula is C37H36Cl4N9O5P. The van der Waals surface area contributed by atoms with E-state index in [0.29, 0.717) is 68.7 Å².